The SMILES string of the molecule is CC(C)N(C)Cc1ccc(F)c(C(=O)O)c1. The Morgan fingerprint density at radius 3 is 2.62 bits per heavy atom. The lowest BCUT2D eigenvalue weighted by atomic mass is 10.1. The third kappa shape index (κ3) is 3.03. The average molecular weight is 225 g/mol. The van der Waals surface area contributed by atoms with Gasteiger partial charge >= 0.3 is 5.97 Å². The Kier molecular flexibility index (Phi) is 4.01. The zero-order valence-electron chi connectivity index (χ0n) is 9.70. The van der Waals surface area contributed by atoms with E-state index in [1.807, 2.05) is 20.9 Å². The fraction of sp³-hybridized carbons (Fsp3) is 0.417. The monoisotopic (exact) mass is 225 g/mol. The van der Waals surface area contributed by atoms with Crippen LogP contribution >= 0.6 is 0 Å². The molecule has 0 bridgehead atoms. The van der Waals surface area contributed by atoms with Crippen LogP contribution in [0.15, 0.2) is 18.2 Å². The molecule has 3 nitrogen and oxygen atoms in total. The molecule has 0 aliphatic heterocycles. The molecule has 1 N–H and O–H groups in total. The van der Waals surface area contributed by atoms with Crippen LogP contribution < -0.4 is 0 Å². The van der Waals surface area contributed by atoms with Gasteiger partial charge in [-0.2, -0.15) is 0 Å². The van der Waals surface area contributed by atoms with E-state index in [4.69, 9.17) is 5.11 Å². The Bertz CT molecular complexity index is 391. The van der Waals surface area contributed by atoms with Crippen molar-refractivity contribution in [3.8, 4) is 0 Å². The summed E-state index contributed by atoms with van der Waals surface area (Å²) in [4.78, 5) is 12.8. The number of nitrogens with zero attached hydrogens (tertiary/aromatic N) is 1. The molecule has 1 aromatic carbocycles. The molecular formula is C12H16FNO2. The van der Waals surface area contributed by atoms with E-state index in [-0.39, 0.29) is 5.56 Å². The summed E-state index contributed by atoms with van der Waals surface area (Å²) in [6.07, 6.45) is 0. The normalized spacial score (nSPS) is 11.1. The van der Waals surface area contributed by atoms with Crippen molar-refractivity contribution in [2.75, 3.05) is 7.05 Å². The summed E-state index contributed by atoms with van der Waals surface area (Å²) in [6.45, 7) is 4.70. The highest BCUT2D eigenvalue weighted by atomic mass is 19.1. The zero-order valence-corrected chi connectivity index (χ0v) is 9.70. The van der Waals surface area contributed by atoms with Gasteiger partial charge < -0.3 is 5.11 Å². The van der Waals surface area contributed by atoms with E-state index < -0.39 is 11.8 Å². The van der Waals surface area contributed by atoms with Gasteiger partial charge in [-0.25, -0.2) is 9.18 Å². The fourth-order valence-electron chi connectivity index (χ4n) is 1.31. The quantitative estimate of drug-likeness (QED) is 0.855. The lowest BCUT2D eigenvalue weighted by Crippen LogP contribution is -2.25. The molecule has 0 unspecified atom stereocenters. The van der Waals surface area contributed by atoms with Crippen molar-refractivity contribution in [2.45, 2.75) is 26.4 Å². The van der Waals surface area contributed by atoms with Crippen LogP contribution in [-0.2, 0) is 6.54 Å². The van der Waals surface area contributed by atoms with Crippen LogP contribution in [0.1, 0.15) is 29.8 Å². The summed E-state index contributed by atoms with van der Waals surface area (Å²) in [6, 6.07) is 4.56. The standard InChI is InChI=1S/C12H16FNO2/c1-8(2)14(3)7-9-4-5-11(13)10(6-9)12(15)16/h4-6,8H,7H2,1-3H3,(H,15,16). The number of rotatable bonds is 4. The van der Waals surface area contributed by atoms with E-state index in [9.17, 15) is 9.18 Å². The van der Waals surface area contributed by atoms with Gasteiger partial charge in [0.2, 0.25) is 0 Å². The molecule has 0 aliphatic rings. The van der Waals surface area contributed by atoms with Gasteiger partial charge in [0.05, 0.1) is 5.56 Å². The molecule has 0 saturated carbocycles. The molecule has 0 atom stereocenters. The third-order valence-electron chi connectivity index (χ3n) is 2.57. The Balaban J connectivity index is 2.91. The second-order valence-corrected chi connectivity index (χ2v) is 4.13. The lowest BCUT2D eigenvalue weighted by Gasteiger charge is -2.21. The number of hydrogen-bond acceptors (Lipinski definition) is 2. The van der Waals surface area contributed by atoms with Gasteiger partial charge in [-0.1, -0.05) is 6.07 Å². The molecule has 0 spiro atoms. The molecule has 0 saturated heterocycles. The predicted octanol–water partition coefficient (Wildman–Crippen LogP) is 2.36. The van der Waals surface area contributed by atoms with Crippen molar-refractivity contribution in [3.63, 3.8) is 0 Å². The minimum Gasteiger partial charge on any atom is -0.478 e. The van der Waals surface area contributed by atoms with Crippen molar-refractivity contribution in [2.24, 2.45) is 0 Å². The first-order valence-corrected chi connectivity index (χ1v) is 5.13. The van der Waals surface area contributed by atoms with Gasteiger partial charge in [0.1, 0.15) is 5.82 Å². The second-order valence-electron chi connectivity index (χ2n) is 4.13. The molecule has 4 heteroatoms. The van der Waals surface area contributed by atoms with Crippen LogP contribution in [0, 0.1) is 5.82 Å². The van der Waals surface area contributed by atoms with Crippen LogP contribution in [0.25, 0.3) is 0 Å². The van der Waals surface area contributed by atoms with Crippen LogP contribution in [0.5, 0.6) is 0 Å². The molecule has 88 valence electrons. The highest BCUT2D eigenvalue weighted by Gasteiger charge is 2.12. The summed E-state index contributed by atoms with van der Waals surface area (Å²) in [5.74, 6) is -1.92. The number of carboxylic acid groups (broad SMARTS) is 1. The molecule has 0 aromatic heterocycles. The molecular weight excluding hydrogens is 209 g/mol. The maximum Gasteiger partial charge on any atom is 0.338 e. The maximum absolute atomic E-state index is 13.1. The van der Waals surface area contributed by atoms with Crippen molar-refractivity contribution in [3.05, 3.63) is 35.1 Å². The first kappa shape index (κ1) is 12.6. The molecule has 0 aliphatic carbocycles. The Hall–Kier alpha value is -1.42. The van der Waals surface area contributed by atoms with Crippen LogP contribution in [0.4, 0.5) is 4.39 Å². The van der Waals surface area contributed by atoms with Gasteiger partial charge in [-0.05, 0) is 38.6 Å². The summed E-state index contributed by atoms with van der Waals surface area (Å²) in [5.41, 5.74) is 0.532. The topological polar surface area (TPSA) is 40.5 Å². The van der Waals surface area contributed by atoms with Gasteiger partial charge in [-0.3, -0.25) is 4.90 Å². The zero-order chi connectivity index (χ0) is 12.3. The van der Waals surface area contributed by atoms with E-state index >= 15 is 0 Å². The van der Waals surface area contributed by atoms with E-state index in [1.54, 1.807) is 6.07 Å². The highest BCUT2D eigenvalue weighted by molar-refractivity contribution is 5.88. The predicted molar refractivity (Wildman–Crippen MR) is 60.0 cm³/mol. The van der Waals surface area contributed by atoms with Crippen molar-refractivity contribution >= 4 is 5.97 Å². The van der Waals surface area contributed by atoms with Gasteiger partial charge in [-0.15, -0.1) is 0 Å². The van der Waals surface area contributed by atoms with Gasteiger partial charge in [0.15, 0.2) is 0 Å². The molecule has 1 aromatic rings. The molecule has 0 heterocycles. The van der Waals surface area contributed by atoms with E-state index in [1.165, 1.54) is 12.1 Å². The minimum absolute atomic E-state index is 0.269. The molecule has 0 amide bonds. The first-order valence-electron chi connectivity index (χ1n) is 5.13. The largest absolute Gasteiger partial charge is 0.478 e. The van der Waals surface area contributed by atoms with Crippen LogP contribution in [0.2, 0.25) is 0 Å². The second kappa shape index (κ2) is 5.07. The van der Waals surface area contributed by atoms with Crippen molar-refractivity contribution < 1.29 is 14.3 Å². The smallest absolute Gasteiger partial charge is 0.338 e. The minimum atomic E-state index is -1.23. The summed E-state index contributed by atoms with van der Waals surface area (Å²) >= 11 is 0. The fourth-order valence-corrected chi connectivity index (χ4v) is 1.31. The Morgan fingerprint density at radius 1 is 1.50 bits per heavy atom. The Labute approximate surface area is 94.5 Å². The molecule has 0 radical (unpaired) electrons. The Morgan fingerprint density at radius 2 is 2.12 bits per heavy atom. The number of aromatic carboxylic acids is 1. The number of hydrogen-bond donors (Lipinski definition) is 1. The molecule has 16 heavy (non-hydrogen) atoms. The lowest BCUT2D eigenvalue weighted by molar-refractivity contribution is 0.0691. The number of benzene rings is 1. The van der Waals surface area contributed by atoms with Crippen molar-refractivity contribution in [1.29, 1.82) is 0 Å². The van der Waals surface area contributed by atoms with Gasteiger partial charge in [0.25, 0.3) is 0 Å². The molecule has 0 fully saturated rings. The summed E-state index contributed by atoms with van der Waals surface area (Å²) < 4.78 is 13.1. The first-order chi connectivity index (χ1) is 7.41. The maximum atomic E-state index is 13.1. The van der Waals surface area contributed by atoms with Crippen LogP contribution in [0.3, 0.4) is 0 Å². The average Bonchev–Trinajstić information content (AvgIpc) is 2.20. The number of halogens is 1. The van der Waals surface area contributed by atoms with E-state index in [2.05, 4.69) is 4.90 Å². The van der Waals surface area contributed by atoms with Crippen LogP contribution in [-0.4, -0.2) is 29.1 Å². The summed E-state index contributed by atoms with van der Waals surface area (Å²) in [7, 11) is 1.94. The van der Waals surface area contributed by atoms with Gasteiger partial charge in [0, 0.05) is 12.6 Å². The summed E-state index contributed by atoms with van der Waals surface area (Å²) in [5, 5.41) is 8.78. The van der Waals surface area contributed by atoms with Crippen molar-refractivity contribution in [1.82, 2.24) is 4.90 Å². The molecule has 1 rings (SSSR count). The van der Waals surface area contributed by atoms with E-state index in [0.717, 1.165) is 5.56 Å². The third-order valence-corrected chi connectivity index (χ3v) is 2.57. The highest BCUT2D eigenvalue weighted by Crippen LogP contribution is 2.13. The number of carbonyl (C=O) groups is 1. The number of carboxylic acids is 1. The van der Waals surface area contributed by atoms with E-state index in [0.29, 0.717) is 12.6 Å².